The van der Waals surface area contributed by atoms with Crippen molar-refractivity contribution in [2.45, 2.75) is 13.8 Å². The van der Waals surface area contributed by atoms with Gasteiger partial charge in [0.05, 0.1) is 36.5 Å². The van der Waals surface area contributed by atoms with E-state index in [9.17, 15) is 4.79 Å². The van der Waals surface area contributed by atoms with Gasteiger partial charge in [0.25, 0.3) is 0 Å². The van der Waals surface area contributed by atoms with E-state index < -0.39 is 0 Å². The SMILES string of the molecule is CCN(CC)c1cc2c(cc1C(=O)c1ccc(OC)cc1)nc(-c1ccccc1OC)n2N. The van der Waals surface area contributed by atoms with E-state index in [0.717, 1.165) is 29.9 Å². The summed E-state index contributed by atoms with van der Waals surface area (Å²) >= 11 is 0. The number of rotatable bonds is 8. The van der Waals surface area contributed by atoms with Crippen molar-refractivity contribution in [2.24, 2.45) is 0 Å². The normalized spacial score (nSPS) is 10.9. The Morgan fingerprint density at radius 3 is 2.33 bits per heavy atom. The third-order valence-electron chi connectivity index (χ3n) is 5.86. The van der Waals surface area contributed by atoms with Crippen molar-refractivity contribution < 1.29 is 14.3 Å². The van der Waals surface area contributed by atoms with Gasteiger partial charge in [-0.15, -0.1) is 0 Å². The maximum Gasteiger partial charge on any atom is 0.195 e. The first-order valence-corrected chi connectivity index (χ1v) is 10.9. The number of fused-ring (bicyclic) bond motifs is 1. The Morgan fingerprint density at radius 2 is 1.70 bits per heavy atom. The molecule has 0 bridgehead atoms. The average Bonchev–Trinajstić information content (AvgIpc) is 3.19. The Bertz CT molecular complexity index is 1290. The monoisotopic (exact) mass is 444 g/mol. The molecule has 0 aliphatic rings. The third kappa shape index (κ3) is 3.98. The molecule has 33 heavy (non-hydrogen) atoms. The first kappa shape index (κ1) is 22.2. The molecule has 2 N–H and O–H groups in total. The van der Waals surface area contributed by atoms with Gasteiger partial charge in [0.15, 0.2) is 11.6 Å². The Morgan fingerprint density at radius 1 is 1.00 bits per heavy atom. The van der Waals surface area contributed by atoms with Crippen molar-refractivity contribution in [1.29, 1.82) is 0 Å². The molecule has 7 heteroatoms. The molecule has 0 saturated carbocycles. The van der Waals surface area contributed by atoms with Crippen LogP contribution >= 0.6 is 0 Å². The lowest BCUT2D eigenvalue weighted by atomic mass is 10.00. The standard InChI is InChI=1S/C26H28N4O3/c1-5-29(6-2)22-16-23-21(15-20(22)25(31)17-11-13-18(32-3)14-12-17)28-26(30(23)27)19-9-7-8-10-24(19)33-4/h7-16H,5-6,27H2,1-4H3. The van der Waals surface area contributed by atoms with E-state index in [1.165, 1.54) is 0 Å². The summed E-state index contributed by atoms with van der Waals surface area (Å²) in [4.78, 5) is 20.5. The van der Waals surface area contributed by atoms with Crippen LogP contribution in [0.1, 0.15) is 29.8 Å². The highest BCUT2D eigenvalue weighted by Gasteiger charge is 2.22. The summed E-state index contributed by atoms with van der Waals surface area (Å²) in [5.41, 5.74) is 4.16. The molecule has 0 amide bonds. The first-order chi connectivity index (χ1) is 16.0. The topological polar surface area (TPSA) is 82.6 Å². The number of hydrogen-bond donors (Lipinski definition) is 1. The maximum absolute atomic E-state index is 13.6. The van der Waals surface area contributed by atoms with Crippen LogP contribution in [-0.2, 0) is 0 Å². The minimum atomic E-state index is -0.0770. The minimum Gasteiger partial charge on any atom is -0.497 e. The van der Waals surface area contributed by atoms with Crippen molar-refractivity contribution in [2.75, 3.05) is 38.1 Å². The van der Waals surface area contributed by atoms with Crippen LogP contribution in [0.2, 0.25) is 0 Å². The lowest BCUT2D eigenvalue weighted by Gasteiger charge is -2.24. The van der Waals surface area contributed by atoms with Gasteiger partial charge in [0.1, 0.15) is 11.5 Å². The summed E-state index contributed by atoms with van der Waals surface area (Å²) in [6.45, 7) is 5.64. The van der Waals surface area contributed by atoms with E-state index in [1.807, 2.05) is 36.4 Å². The van der Waals surface area contributed by atoms with Gasteiger partial charge in [-0.1, -0.05) is 12.1 Å². The van der Waals surface area contributed by atoms with Gasteiger partial charge in [-0.25, -0.2) is 9.66 Å². The molecule has 1 aromatic heterocycles. The zero-order valence-electron chi connectivity index (χ0n) is 19.3. The van der Waals surface area contributed by atoms with Crippen LogP contribution in [-0.4, -0.2) is 42.8 Å². The second kappa shape index (κ2) is 9.24. The van der Waals surface area contributed by atoms with Gasteiger partial charge in [-0.3, -0.25) is 4.79 Å². The van der Waals surface area contributed by atoms with Crippen LogP contribution in [0.3, 0.4) is 0 Å². The van der Waals surface area contributed by atoms with Crippen molar-refractivity contribution in [3.05, 3.63) is 71.8 Å². The summed E-state index contributed by atoms with van der Waals surface area (Å²) in [7, 11) is 3.22. The number of nitrogens with zero attached hydrogens (tertiary/aromatic N) is 3. The zero-order chi connectivity index (χ0) is 23.5. The molecule has 170 valence electrons. The van der Waals surface area contributed by atoms with E-state index in [-0.39, 0.29) is 5.78 Å². The van der Waals surface area contributed by atoms with E-state index in [2.05, 4.69) is 18.7 Å². The van der Waals surface area contributed by atoms with E-state index in [0.29, 0.717) is 34.0 Å². The Kier molecular flexibility index (Phi) is 6.22. The highest BCUT2D eigenvalue weighted by atomic mass is 16.5. The van der Waals surface area contributed by atoms with Gasteiger partial charge >= 0.3 is 0 Å². The maximum atomic E-state index is 13.6. The molecule has 4 aromatic rings. The molecule has 1 heterocycles. The van der Waals surface area contributed by atoms with Crippen molar-refractivity contribution in [3.8, 4) is 22.9 Å². The van der Waals surface area contributed by atoms with Crippen LogP contribution < -0.4 is 20.2 Å². The van der Waals surface area contributed by atoms with Gasteiger partial charge in [0.2, 0.25) is 0 Å². The molecule has 3 aromatic carbocycles. The molecule has 0 radical (unpaired) electrons. The van der Waals surface area contributed by atoms with Crippen LogP contribution in [0.25, 0.3) is 22.4 Å². The predicted octanol–water partition coefficient (Wildman–Crippen LogP) is 4.51. The van der Waals surface area contributed by atoms with Crippen molar-refractivity contribution in [1.82, 2.24) is 9.66 Å². The van der Waals surface area contributed by atoms with Crippen LogP contribution in [0.15, 0.2) is 60.7 Å². The molecular formula is C26H28N4O3. The molecule has 0 fully saturated rings. The summed E-state index contributed by atoms with van der Waals surface area (Å²) in [5, 5.41) is 0. The molecule has 0 spiro atoms. The average molecular weight is 445 g/mol. The van der Waals surface area contributed by atoms with Gasteiger partial charge < -0.3 is 20.2 Å². The molecule has 4 rings (SSSR count). The van der Waals surface area contributed by atoms with Crippen molar-refractivity contribution in [3.63, 3.8) is 0 Å². The smallest absolute Gasteiger partial charge is 0.195 e. The summed E-state index contributed by atoms with van der Waals surface area (Å²) in [6, 6.07) is 18.5. The summed E-state index contributed by atoms with van der Waals surface area (Å²) in [5.74, 6) is 8.37. The second-order valence-corrected chi connectivity index (χ2v) is 7.59. The number of imidazole rings is 1. The lowest BCUT2D eigenvalue weighted by molar-refractivity contribution is 0.103. The first-order valence-electron chi connectivity index (χ1n) is 10.9. The predicted molar refractivity (Wildman–Crippen MR) is 132 cm³/mol. The molecule has 0 aliphatic carbocycles. The Balaban J connectivity index is 1.91. The zero-order valence-corrected chi connectivity index (χ0v) is 19.3. The third-order valence-corrected chi connectivity index (χ3v) is 5.86. The number of aromatic nitrogens is 2. The molecule has 0 saturated heterocycles. The Hall–Kier alpha value is -4.00. The number of hydrogen-bond acceptors (Lipinski definition) is 6. The highest BCUT2D eigenvalue weighted by molar-refractivity contribution is 6.14. The van der Waals surface area contributed by atoms with E-state index >= 15 is 0 Å². The number of nitrogens with two attached hydrogens (primary N) is 1. The number of benzene rings is 3. The molecule has 0 aliphatic heterocycles. The number of ketones is 1. The quantitative estimate of drug-likeness (QED) is 0.318. The van der Waals surface area contributed by atoms with Crippen LogP contribution in [0, 0.1) is 0 Å². The van der Waals surface area contributed by atoms with Crippen LogP contribution in [0.5, 0.6) is 11.5 Å². The van der Waals surface area contributed by atoms with Gasteiger partial charge in [-0.05, 0) is 62.4 Å². The molecule has 0 atom stereocenters. The number of anilines is 1. The van der Waals surface area contributed by atoms with Gasteiger partial charge in [-0.2, -0.15) is 0 Å². The second-order valence-electron chi connectivity index (χ2n) is 7.59. The van der Waals surface area contributed by atoms with Gasteiger partial charge in [0, 0.05) is 24.2 Å². The minimum absolute atomic E-state index is 0.0770. The number of para-hydroxylation sites is 1. The fourth-order valence-corrected chi connectivity index (χ4v) is 4.06. The van der Waals surface area contributed by atoms with E-state index in [4.69, 9.17) is 20.3 Å². The van der Waals surface area contributed by atoms with Crippen molar-refractivity contribution >= 4 is 22.5 Å². The number of methoxy groups -OCH3 is 2. The van der Waals surface area contributed by atoms with Crippen LogP contribution in [0.4, 0.5) is 5.69 Å². The number of carbonyl (C=O) groups is 1. The summed E-state index contributed by atoms with van der Waals surface area (Å²) < 4.78 is 12.3. The molecular weight excluding hydrogens is 416 g/mol. The highest BCUT2D eigenvalue weighted by Crippen LogP contribution is 2.34. The fourth-order valence-electron chi connectivity index (χ4n) is 4.06. The molecule has 0 unspecified atom stereocenters. The fraction of sp³-hybridized carbons (Fsp3) is 0.231. The number of nitrogen functional groups attached to an aromatic ring is 1. The summed E-state index contributed by atoms with van der Waals surface area (Å²) in [6.07, 6.45) is 0. The number of ether oxygens (including phenoxy) is 2. The van der Waals surface area contributed by atoms with E-state index in [1.54, 1.807) is 43.2 Å². The Labute approximate surface area is 193 Å². The lowest BCUT2D eigenvalue weighted by Crippen LogP contribution is -2.24. The number of carbonyl (C=O) groups excluding carboxylic acids is 1. The largest absolute Gasteiger partial charge is 0.497 e. The molecule has 7 nitrogen and oxygen atoms in total.